The predicted octanol–water partition coefficient (Wildman–Crippen LogP) is 0.699. The Kier molecular flexibility index (Phi) is 8.16. The van der Waals surface area contributed by atoms with Gasteiger partial charge in [-0.2, -0.15) is 0 Å². The van der Waals surface area contributed by atoms with Crippen molar-refractivity contribution in [3.63, 3.8) is 0 Å². The van der Waals surface area contributed by atoms with Gasteiger partial charge in [0, 0.05) is 82.6 Å². The van der Waals surface area contributed by atoms with E-state index in [0.29, 0.717) is 30.2 Å². The predicted molar refractivity (Wildman–Crippen MR) is 119 cm³/mol. The molecule has 0 amide bonds. The Morgan fingerprint density at radius 3 is 2.25 bits per heavy atom. The van der Waals surface area contributed by atoms with Crippen LogP contribution in [0, 0.1) is 0 Å². The van der Waals surface area contributed by atoms with Crippen LogP contribution in [0.25, 0.3) is 0 Å². The Hall–Kier alpha value is -0.240. The van der Waals surface area contributed by atoms with E-state index in [2.05, 4.69) is 71.7 Å². The van der Waals surface area contributed by atoms with E-state index in [1.54, 1.807) is 0 Å². The van der Waals surface area contributed by atoms with Gasteiger partial charge in [-0.25, -0.2) is 0 Å². The van der Waals surface area contributed by atoms with Gasteiger partial charge in [0.2, 0.25) is 0 Å². The van der Waals surface area contributed by atoms with E-state index in [1.165, 1.54) is 71.7 Å². The summed E-state index contributed by atoms with van der Waals surface area (Å²) in [5, 5.41) is 3.87. The molecule has 3 fully saturated rings. The molecule has 0 saturated carbocycles. The smallest absolute Gasteiger partial charge is 0.0235 e. The maximum Gasteiger partial charge on any atom is 0.0235 e. The molecule has 0 aromatic carbocycles. The summed E-state index contributed by atoms with van der Waals surface area (Å²) in [5.41, 5.74) is 0. The van der Waals surface area contributed by atoms with Crippen LogP contribution in [0.4, 0.5) is 0 Å². The highest BCUT2D eigenvalue weighted by Crippen LogP contribution is 2.17. The number of likely N-dealkylation sites (N-methyl/N-ethyl adjacent to an activating group) is 3. The lowest BCUT2D eigenvalue weighted by Crippen LogP contribution is -2.59. The molecule has 3 aliphatic heterocycles. The number of hydrogen-bond donors (Lipinski definition) is 1. The van der Waals surface area contributed by atoms with Crippen LogP contribution in [0.5, 0.6) is 0 Å². The maximum atomic E-state index is 3.87. The van der Waals surface area contributed by atoms with Crippen molar-refractivity contribution in [2.45, 2.75) is 63.8 Å². The average molecular weight is 395 g/mol. The van der Waals surface area contributed by atoms with Gasteiger partial charge in [-0.1, -0.05) is 0 Å². The van der Waals surface area contributed by atoms with Gasteiger partial charge in [-0.3, -0.25) is 9.80 Å². The summed E-state index contributed by atoms with van der Waals surface area (Å²) in [6, 6.07) is 3.31. The first-order valence-corrected chi connectivity index (χ1v) is 11.6. The van der Waals surface area contributed by atoms with E-state index in [1.807, 2.05) is 0 Å². The first kappa shape index (κ1) is 22.4. The van der Waals surface area contributed by atoms with Crippen LogP contribution < -0.4 is 5.32 Å². The molecule has 3 saturated heterocycles. The van der Waals surface area contributed by atoms with Gasteiger partial charge in [0.1, 0.15) is 0 Å². The minimum atomic E-state index is 0.606. The summed E-state index contributed by atoms with van der Waals surface area (Å²) >= 11 is 0. The number of hydrogen-bond acceptors (Lipinski definition) is 6. The van der Waals surface area contributed by atoms with Crippen molar-refractivity contribution >= 4 is 0 Å². The number of rotatable bonds is 6. The van der Waals surface area contributed by atoms with Gasteiger partial charge in [-0.05, 0) is 61.3 Å². The summed E-state index contributed by atoms with van der Waals surface area (Å²) in [6.07, 6.45) is 2.57. The largest absolute Gasteiger partial charge is 0.309 e. The van der Waals surface area contributed by atoms with Crippen molar-refractivity contribution in [2.24, 2.45) is 0 Å². The highest BCUT2D eigenvalue weighted by Gasteiger charge is 2.30. The fourth-order valence-corrected chi connectivity index (χ4v) is 5.60. The molecule has 0 aromatic heterocycles. The molecule has 6 nitrogen and oxygen atoms in total. The molecule has 3 heterocycles. The zero-order valence-corrected chi connectivity index (χ0v) is 19.4. The highest BCUT2D eigenvalue weighted by molar-refractivity contribution is 4.88. The Morgan fingerprint density at radius 1 is 0.750 bits per heavy atom. The monoisotopic (exact) mass is 394 g/mol. The normalized spacial score (nSPS) is 38.1. The van der Waals surface area contributed by atoms with Crippen LogP contribution in [-0.2, 0) is 0 Å². The maximum absolute atomic E-state index is 3.87. The first-order chi connectivity index (χ1) is 13.3. The van der Waals surface area contributed by atoms with Gasteiger partial charge >= 0.3 is 0 Å². The van der Waals surface area contributed by atoms with Crippen molar-refractivity contribution in [1.82, 2.24) is 29.8 Å². The Balaban J connectivity index is 1.43. The Bertz CT molecular complexity index is 474. The number of nitrogens with zero attached hydrogens (tertiary/aromatic N) is 5. The number of nitrogens with one attached hydrogen (secondary N) is 1. The summed E-state index contributed by atoms with van der Waals surface area (Å²) in [6.45, 7) is 18.1. The second-order valence-electron chi connectivity index (χ2n) is 10.1. The first-order valence-electron chi connectivity index (χ1n) is 11.6. The van der Waals surface area contributed by atoms with Crippen LogP contribution >= 0.6 is 0 Å². The fraction of sp³-hybridized carbons (Fsp3) is 1.00. The lowest BCUT2D eigenvalue weighted by molar-refractivity contribution is 0.0499. The van der Waals surface area contributed by atoms with E-state index in [4.69, 9.17) is 0 Å². The molecule has 6 heteroatoms. The molecule has 0 spiro atoms. The van der Waals surface area contributed by atoms with Crippen molar-refractivity contribution in [1.29, 1.82) is 0 Å². The summed E-state index contributed by atoms with van der Waals surface area (Å²) in [7, 11) is 6.85. The highest BCUT2D eigenvalue weighted by atomic mass is 15.3. The zero-order chi connectivity index (χ0) is 20.3. The van der Waals surface area contributed by atoms with Crippen molar-refractivity contribution in [3.05, 3.63) is 0 Å². The fourth-order valence-electron chi connectivity index (χ4n) is 5.60. The second kappa shape index (κ2) is 10.2. The van der Waals surface area contributed by atoms with Gasteiger partial charge in [-0.15, -0.1) is 0 Å². The average Bonchev–Trinajstić information content (AvgIpc) is 2.62. The van der Waals surface area contributed by atoms with E-state index >= 15 is 0 Å². The van der Waals surface area contributed by atoms with Crippen molar-refractivity contribution in [2.75, 3.05) is 80.0 Å². The summed E-state index contributed by atoms with van der Waals surface area (Å²) in [4.78, 5) is 13.0. The minimum Gasteiger partial charge on any atom is -0.309 e. The van der Waals surface area contributed by atoms with E-state index < -0.39 is 0 Å². The molecule has 0 bridgehead atoms. The second-order valence-corrected chi connectivity index (χ2v) is 10.1. The van der Waals surface area contributed by atoms with Crippen molar-refractivity contribution in [3.8, 4) is 0 Å². The Morgan fingerprint density at radius 2 is 1.50 bits per heavy atom. The topological polar surface area (TPSA) is 28.2 Å². The van der Waals surface area contributed by atoms with Gasteiger partial charge in [0.25, 0.3) is 0 Å². The molecular weight excluding hydrogens is 348 g/mol. The van der Waals surface area contributed by atoms with Gasteiger partial charge in [0.15, 0.2) is 0 Å². The van der Waals surface area contributed by atoms with E-state index in [9.17, 15) is 0 Å². The molecule has 3 rings (SSSR count). The van der Waals surface area contributed by atoms with E-state index in [-0.39, 0.29) is 0 Å². The van der Waals surface area contributed by atoms with Crippen LogP contribution in [0.15, 0.2) is 0 Å². The van der Waals surface area contributed by atoms with Crippen LogP contribution in [0.1, 0.15) is 33.6 Å². The quantitative estimate of drug-likeness (QED) is 0.713. The third-order valence-corrected chi connectivity index (χ3v) is 7.41. The molecule has 0 aromatic rings. The lowest BCUT2D eigenvalue weighted by Gasteiger charge is -2.44. The molecule has 0 aliphatic carbocycles. The molecule has 4 unspecified atom stereocenters. The van der Waals surface area contributed by atoms with Crippen LogP contribution in [0.2, 0.25) is 0 Å². The Labute approximate surface area is 174 Å². The summed E-state index contributed by atoms with van der Waals surface area (Å²) < 4.78 is 0. The van der Waals surface area contributed by atoms with E-state index in [0.717, 1.165) is 0 Å². The zero-order valence-electron chi connectivity index (χ0n) is 19.4. The van der Waals surface area contributed by atoms with Crippen molar-refractivity contribution < 1.29 is 0 Å². The molecule has 28 heavy (non-hydrogen) atoms. The lowest BCUT2D eigenvalue weighted by atomic mass is 10.0. The van der Waals surface area contributed by atoms with Gasteiger partial charge in [0.05, 0.1) is 0 Å². The molecule has 3 aliphatic rings. The third-order valence-electron chi connectivity index (χ3n) is 7.41. The summed E-state index contributed by atoms with van der Waals surface area (Å²) in [5.74, 6) is 0. The molecule has 164 valence electrons. The third kappa shape index (κ3) is 6.13. The molecule has 0 radical (unpaired) electrons. The number of piperazine rings is 3. The molecule has 1 N–H and O–H groups in total. The van der Waals surface area contributed by atoms with Gasteiger partial charge < -0.3 is 20.0 Å². The SMILES string of the molecule is CC1CN(CCC2CN(C)CC(C)N2C)CC(CCN2CCN(C)C[C@@H]2C)N1. The standard InChI is InChI=1S/C22H46N6/c1-18-13-27(9-8-22-17-25(5)14-19(2)26(22)6)16-21(23-18)7-10-28-12-11-24(4)15-20(28)3/h18-23H,7-17H2,1-6H3/t18?,19?,20-,21?,22?/m0/s1. The molecule has 5 atom stereocenters. The minimum absolute atomic E-state index is 0.606. The van der Waals surface area contributed by atoms with Crippen LogP contribution in [0.3, 0.4) is 0 Å². The molecular formula is C22H46N6. The van der Waals surface area contributed by atoms with Crippen LogP contribution in [-0.4, -0.2) is 135 Å².